The summed E-state index contributed by atoms with van der Waals surface area (Å²) in [6, 6.07) is 14.1. The minimum atomic E-state index is 0.193. The smallest absolute Gasteiger partial charge is 0.165 e. The van der Waals surface area contributed by atoms with Crippen molar-refractivity contribution in [2.24, 2.45) is 0 Å². The van der Waals surface area contributed by atoms with E-state index in [1.807, 2.05) is 48.7 Å². The number of anilines is 2. The molecule has 3 N–H and O–H groups in total. The number of benzene rings is 1. The molecule has 0 saturated carbocycles. The largest absolute Gasteiger partial charge is 0.383 e. The van der Waals surface area contributed by atoms with Crippen molar-refractivity contribution in [3.8, 4) is 22.4 Å². The van der Waals surface area contributed by atoms with Gasteiger partial charge in [0.25, 0.3) is 0 Å². The molecule has 37 heavy (non-hydrogen) atoms. The molecule has 4 aromatic rings. The number of ether oxygens (including phenoxy) is 1. The molecule has 0 amide bonds. The van der Waals surface area contributed by atoms with Gasteiger partial charge in [-0.05, 0) is 54.3 Å². The molecule has 5 heterocycles. The number of hydrogen-bond acceptors (Lipinski definition) is 9. The van der Waals surface area contributed by atoms with Gasteiger partial charge in [0.05, 0.1) is 22.9 Å². The monoisotopic (exact) mass is 559 g/mol. The molecule has 10 heteroatoms. The molecule has 188 valence electrons. The Balaban J connectivity index is 1.25. The standard InChI is InChI=1S/C27H26BrN7O2/c28-19-3-1-2-17(12-19)22-13-23(33-27-25(22)26(29)31-16-32-27)18-4-5-24(30-14-18)35-9-6-20(15-35)34-37-21-7-10-36-11-8-21/h1-5,12-16,21,34H,6-11H2,(H2,29,31,32,33). The first-order valence-electron chi connectivity index (χ1n) is 12.2. The van der Waals surface area contributed by atoms with Gasteiger partial charge in [-0.2, -0.15) is 0 Å². The van der Waals surface area contributed by atoms with Gasteiger partial charge in [-0.3, -0.25) is 10.3 Å². The lowest BCUT2D eigenvalue weighted by Crippen LogP contribution is -2.29. The number of fused-ring (bicyclic) bond motifs is 1. The lowest BCUT2D eigenvalue weighted by Gasteiger charge is -2.22. The molecule has 0 bridgehead atoms. The van der Waals surface area contributed by atoms with Crippen LogP contribution in [-0.2, 0) is 9.57 Å². The van der Waals surface area contributed by atoms with Crippen LogP contribution in [0, 0.1) is 0 Å². The van der Waals surface area contributed by atoms with Crippen LogP contribution < -0.4 is 16.1 Å². The Kier molecular flexibility index (Phi) is 6.69. The van der Waals surface area contributed by atoms with E-state index >= 15 is 0 Å². The molecule has 9 nitrogen and oxygen atoms in total. The van der Waals surface area contributed by atoms with Crippen molar-refractivity contribution in [1.29, 1.82) is 0 Å². The van der Waals surface area contributed by atoms with Crippen LogP contribution in [0.4, 0.5) is 11.6 Å². The molecule has 0 unspecified atom stereocenters. The van der Waals surface area contributed by atoms with E-state index in [0.29, 0.717) is 11.5 Å². The SMILES string of the molecule is Nc1ncnc2nc(-c3ccc(N4C=C(NOC5CCOCC5)CC4)nc3)cc(-c3cccc(Br)c3)c12. The maximum atomic E-state index is 6.24. The Bertz CT molecular complexity index is 1460. The molecule has 6 rings (SSSR count). The summed E-state index contributed by atoms with van der Waals surface area (Å²) in [6.07, 6.45) is 8.23. The first-order valence-corrected chi connectivity index (χ1v) is 13.0. The van der Waals surface area contributed by atoms with Crippen LogP contribution in [0.25, 0.3) is 33.4 Å². The van der Waals surface area contributed by atoms with Gasteiger partial charge in [-0.25, -0.2) is 19.9 Å². The van der Waals surface area contributed by atoms with E-state index in [0.717, 1.165) is 82.8 Å². The molecule has 0 atom stereocenters. The predicted octanol–water partition coefficient (Wildman–Crippen LogP) is 4.85. The molecule has 2 aliphatic heterocycles. The second-order valence-corrected chi connectivity index (χ2v) is 9.97. The van der Waals surface area contributed by atoms with Crippen LogP contribution in [0.3, 0.4) is 0 Å². The van der Waals surface area contributed by atoms with Gasteiger partial charge in [0, 0.05) is 48.6 Å². The average molecular weight is 560 g/mol. The summed E-state index contributed by atoms with van der Waals surface area (Å²) in [6.45, 7) is 2.35. The lowest BCUT2D eigenvalue weighted by molar-refractivity contribution is -0.0676. The molecule has 1 aromatic carbocycles. The lowest BCUT2D eigenvalue weighted by atomic mass is 10.0. The highest BCUT2D eigenvalue weighted by atomic mass is 79.9. The van der Waals surface area contributed by atoms with Gasteiger partial charge in [-0.15, -0.1) is 0 Å². The normalized spacial score (nSPS) is 16.2. The first kappa shape index (κ1) is 23.8. The number of rotatable bonds is 6. The number of nitrogens with one attached hydrogen (secondary N) is 1. The van der Waals surface area contributed by atoms with E-state index < -0.39 is 0 Å². The third kappa shape index (κ3) is 5.13. The second kappa shape index (κ2) is 10.4. The van der Waals surface area contributed by atoms with Crippen molar-refractivity contribution < 1.29 is 9.57 Å². The highest BCUT2D eigenvalue weighted by molar-refractivity contribution is 9.10. The molecule has 2 aliphatic rings. The number of nitrogens with two attached hydrogens (primary N) is 1. The zero-order chi connectivity index (χ0) is 25.2. The Morgan fingerprint density at radius 2 is 1.95 bits per heavy atom. The van der Waals surface area contributed by atoms with Crippen molar-refractivity contribution in [2.45, 2.75) is 25.4 Å². The Labute approximate surface area is 222 Å². The van der Waals surface area contributed by atoms with Gasteiger partial charge in [0.2, 0.25) is 0 Å². The number of nitrogens with zero attached hydrogens (tertiary/aromatic N) is 5. The van der Waals surface area contributed by atoms with Crippen LogP contribution >= 0.6 is 15.9 Å². The van der Waals surface area contributed by atoms with Gasteiger partial charge in [-0.1, -0.05) is 28.1 Å². The molecule has 0 spiro atoms. The van der Waals surface area contributed by atoms with Crippen LogP contribution in [0.1, 0.15) is 19.3 Å². The third-order valence-corrected chi connectivity index (χ3v) is 7.06. The van der Waals surface area contributed by atoms with Gasteiger partial charge >= 0.3 is 0 Å². The summed E-state index contributed by atoms with van der Waals surface area (Å²) in [5.74, 6) is 1.27. The minimum Gasteiger partial charge on any atom is -0.383 e. The number of pyridine rings is 2. The third-order valence-electron chi connectivity index (χ3n) is 6.57. The van der Waals surface area contributed by atoms with E-state index in [9.17, 15) is 0 Å². The highest BCUT2D eigenvalue weighted by Gasteiger charge is 2.19. The Hall–Kier alpha value is -3.60. The highest BCUT2D eigenvalue weighted by Crippen LogP contribution is 2.35. The minimum absolute atomic E-state index is 0.193. The van der Waals surface area contributed by atoms with Crippen molar-refractivity contribution in [3.63, 3.8) is 0 Å². The maximum absolute atomic E-state index is 6.24. The number of aromatic nitrogens is 4. The van der Waals surface area contributed by atoms with Crippen LogP contribution in [0.2, 0.25) is 0 Å². The fourth-order valence-corrected chi connectivity index (χ4v) is 5.00. The van der Waals surface area contributed by atoms with E-state index in [4.69, 9.17) is 25.3 Å². The Morgan fingerprint density at radius 1 is 1.05 bits per heavy atom. The average Bonchev–Trinajstić information content (AvgIpc) is 3.41. The summed E-state index contributed by atoms with van der Waals surface area (Å²) in [5, 5.41) is 0.735. The van der Waals surface area contributed by atoms with Crippen LogP contribution in [0.5, 0.6) is 0 Å². The van der Waals surface area contributed by atoms with E-state index in [1.165, 1.54) is 6.33 Å². The van der Waals surface area contributed by atoms with E-state index in [1.54, 1.807) is 0 Å². The molecular weight excluding hydrogens is 534 g/mol. The quantitative estimate of drug-likeness (QED) is 0.320. The second-order valence-electron chi connectivity index (χ2n) is 9.06. The number of halogens is 1. The van der Waals surface area contributed by atoms with Crippen LogP contribution in [-0.4, -0.2) is 45.8 Å². The molecule has 3 aromatic heterocycles. The first-order chi connectivity index (χ1) is 18.1. The Morgan fingerprint density at radius 3 is 2.76 bits per heavy atom. The number of nitrogen functional groups attached to an aromatic ring is 1. The molecule has 1 fully saturated rings. The van der Waals surface area contributed by atoms with Crippen molar-refractivity contribution in [1.82, 2.24) is 25.4 Å². The van der Waals surface area contributed by atoms with Gasteiger partial charge in [0.15, 0.2) is 5.65 Å². The summed E-state index contributed by atoms with van der Waals surface area (Å²) >= 11 is 3.56. The molecule has 0 aliphatic carbocycles. The van der Waals surface area contributed by atoms with Crippen LogP contribution in [0.15, 0.2) is 71.4 Å². The fraction of sp³-hybridized carbons (Fsp3) is 0.259. The number of hydrogen-bond donors (Lipinski definition) is 2. The van der Waals surface area contributed by atoms with Crippen molar-refractivity contribution in [3.05, 3.63) is 71.4 Å². The fourth-order valence-electron chi connectivity index (χ4n) is 4.60. The van der Waals surface area contributed by atoms with Gasteiger partial charge < -0.3 is 15.4 Å². The maximum Gasteiger partial charge on any atom is 0.165 e. The topological polar surface area (TPSA) is 111 Å². The van der Waals surface area contributed by atoms with Gasteiger partial charge in [0.1, 0.15) is 18.0 Å². The molecule has 0 radical (unpaired) electrons. The molecule has 1 saturated heterocycles. The number of hydroxylamine groups is 1. The van der Waals surface area contributed by atoms with E-state index in [-0.39, 0.29) is 6.10 Å². The zero-order valence-corrected chi connectivity index (χ0v) is 21.7. The summed E-state index contributed by atoms with van der Waals surface area (Å²) in [4.78, 5) is 26.1. The summed E-state index contributed by atoms with van der Waals surface area (Å²) in [5.41, 5.74) is 14.6. The molecular formula is C27H26BrN7O2. The summed E-state index contributed by atoms with van der Waals surface area (Å²) in [7, 11) is 0. The predicted molar refractivity (Wildman–Crippen MR) is 146 cm³/mol. The zero-order valence-electron chi connectivity index (χ0n) is 20.1. The van der Waals surface area contributed by atoms with E-state index in [2.05, 4.69) is 42.5 Å². The van der Waals surface area contributed by atoms with Crippen molar-refractivity contribution in [2.75, 3.05) is 30.4 Å². The summed E-state index contributed by atoms with van der Waals surface area (Å²) < 4.78 is 6.37. The van der Waals surface area contributed by atoms with Crippen molar-refractivity contribution >= 4 is 38.6 Å².